The molecule has 0 aliphatic heterocycles. The van der Waals surface area contributed by atoms with E-state index in [-0.39, 0.29) is 5.75 Å². The molecule has 0 saturated heterocycles. The predicted octanol–water partition coefficient (Wildman–Crippen LogP) is 1.15. The monoisotopic (exact) mass is 194 g/mol. The van der Waals surface area contributed by atoms with E-state index in [1.54, 1.807) is 18.2 Å². The number of hydrogen-bond acceptors (Lipinski definition) is 3. The number of phenolic OH excluding ortho intramolecular Hbond substituents is 1. The third kappa shape index (κ3) is 4.62. The lowest BCUT2D eigenvalue weighted by Crippen LogP contribution is -2.13. The number of aromatic hydroxyl groups is 1. The minimum absolute atomic E-state index is 0.0417. The van der Waals surface area contributed by atoms with Gasteiger partial charge in [-0.15, -0.1) is 0 Å². The lowest BCUT2D eigenvalue weighted by molar-refractivity contribution is 0.197. The number of nitriles is 1. The summed E-state index contributed by atoms with van der Waals surface area (Å²) in [5.41, 5.74) is 0.317. The summed E-state index contributed by atoms with van der Waals surface area (Å²) in [7, 11) is 1.35. The van der Waals surface area contributed by atoms with E-state index >= 15 is 0 Å². The Morgan fingerprint density at radius 1 is 1.50 bits per heavy atom. The first-order valence-corrected chi connectivity index (χ1v) is 3.70. The molecule has 0 spiro atoms. The van der Waals surface area contributed by atoms with Crippen molar-refractivity contribution in [1.82, 2.24) is 5.32 Å². The molecule has 1 amide bonds. The van der Waals surface area contributed by atoms with Crippen molar-refractivity contribution < 1.29 is 15.0 Å². The van der Waals surface area contributed by atoms with Gasteiger partial charge in [-0.3, -0.25) is 0 Å². The second-order valence-corrected chi connectivity index (χ2v) is 2.18. The molecule has 0 aromatic heterocycles. The summed E-state index contributed by atoms with van der Waals surface area (Å²) >= 11 is 0. The normalized spacial score (nSPS) is 7.71. The van der Waals surface area contributed by atoms with Crippen molar-refractivity contribution in [2.45, 2.75) is 0 Å². The minimum atomic E-state index is -0.995. The molecular weight excluding hydrogens is 184 g/mol. The number of benzene rings is 1. The third-order valence-electron chi connectivity index (χ3n) is 1.24. The molecule has 0 bridgehead atoms. The average Bonchev–Trinajstić information content (AvgIpc) is 2.19. The Morgan fingerprint density at radius 2 is 2.00 bits per heavy atom. The second kappa shape index (κ2) is 6.31. The number of nitrogens with zero attached hydrogens (tertiary/aromatic N) is 1. The quantitative estimate of drug-likeness (QED) is 0.577. The summed E-state index contributed by atoms with van der Waals surface area (Å²) in [4.78, 5) is 9.26. The summed E-state index contributed by atoms with van der Waals surface area (Å²) in [6.07, 6.45) is -0.995. The van der Waals surface area contributed by atoms with Crippen molar-refractivity contribution >= 4 is 6.09 Å². The molecule has 3 N–H and O–H groups in total. The number of amides is 1. The van der Waals surface area contributed by atoms with E-state index in [2.05, 4.69) is 0 Å². The topological polar surface area (TPSA) is 93.4 Å². The van der Waals surface area contributed by atoms with E-state index in [1.165, 1.54) is 13.1 Å². The lowest BCUT2D eigenvalue weighted by atomic mass is 10.2. The molecule has 0 radical (unpaired) electrons. The highest BCUT2D eigenvalue weighted by Gasteiger charge is 1.93. The van der Waals surface area contributed by atoms with Crippen molar-refractivity contribution in [2.24, 2.45) is 0 Å². The maximum absolute atomic E-state index is 9.26. The van der Waals surface area contributed by atoms with Crippen LogP contribution in [0.4, 0.5) is 4.79 Å². The van der Waals surface area contributed by atoms with Gasteiger partial charge in [0.15, 0.2) is 0 Å². The van der Waals surface area contributed by atoms with Crippen molar-refractivity contribution in [1.29, 1.82) is 5.26 Å². The molecule has 0 saturated carbocycles. The molecule has 14 heavy (non-hydrogen) atoms. The lowest BCUT2D eigenvalue weighted by Gasteiger charge is -1.89. The molecule has 1 aromatic rings. The van der Waals surface area contributed by atoms with Crippen LogP contribution in [-0.2, 0) is 0 Å². The largest absolute Gasteiger partial charge is 0.507 e. The first-order valence-electron chi connectivity index (χ1n) is 3.70. The van der Waals surface area contributed by atoms with Crippen LogP contribution in [-0.4, -0.2) is 23.4 Å². The summed E-state index contributed by atoms with van der Waals surface area (Å²) < 4.78 is 0. The molecule has 5 heteroatoms. The van der Waals surface area contributed by atoms with Crippen LogP contribution in [0.15, 0.2) is 24.3 Å². The molecule has 0 heterocycles. The fraction of sp³-hybridized carbons (Fsp3) is 0.111. The second-order valence-electron chi connectivity index (χ2n) is 2.18. The van der Waals surface area contributed by atoms with E-state index in [1.807, 2.05) is 11.4 Å². The van der Waals surface area contributed by atoms with Gasteiger partial charge in [0.25, 0.3) is 0 Å². The summed E-state index contributed by atoms with van der Waals surface area (Å²) in [6.45, 7) is 0. The Morgan fingerprint density at radius 3 is 2.29 bits per heavy atom. The third-order valence-corrected chi connectivity index (χ3v) is 1.24. The van der Waals surface area contributed by atoms with Gasteiger partial charge in [0, 0.05) is 7.05 Å². The first kappa shape index (κ1) is 11.8. The molecule has 74 valence electrons. The minimum Gasteiger partial charge on any atom is -0.507 e. The number of carbonyl (C=O) groups is 1. The number of phenols is 1. The van der Waals surface area contributed by atoms with Crippen LogP contribution in [0.25, 0.3) is 0 Å². The molecule has 0 atom stereocenters. The van der Waals surface area contributed by atoms with E-state index in [4.69, 9.17) is 15.5 Å². The van der Waals surface area contributed by atoms with Crippen LogP contribution in [0.1, 0.15) is 5.56 Å². The fourth-order valence-electron chi connectivity index (χ4n) is 0.568. The molecule has 0 aliphatic rings. The summed E-state index contributed by atoms with van der Waals surface area (Å²) in [6, 6.07) is 8.28. The smallest absolute Gasteiger partial charge is 0.404 e. The van der Waals surface area contributed by atoms with Crippen LogP contribution in [0, 0.1) is 11.3 Å². The van der Waals surface area contributed by atoms with Gasteiger partial charge in [-0.05, 0) is 12.1 Å². The Kier molecular flexibility index (Phi) is 5.31. The van der Waals surface area contributed by atoms with Gasteiger partial charge in [0.2, 0.25) is 0 Å². The van der Waals surface area contributed by atoms with Crippen molar-refractivity contribution in [3.05, 3.63) is 29.8 Å². The van der Waals surface area contributed by atoms with E-state index in [9.17, 15) is 4.79 Å². The Bertz CT molecular complexity index is 344. The molecule has 0 unspecified atom stereocenters. The van der Waals surface area contributed by atoms with E-state index < -0.39 is 6.09 Å². The molecule has 1 aromatic carbocycles. The molecule has 0 aliphatic carbocycles. The highest BCUT2D eigenvalue weighted by Crippen LogP contribution is 2.12. The highest BCUT2D eigenvalue weighted by molar-refractivity contribution is 5.63. The van der Waals surface area contributed by atoms with Crippen LogP contribution < -0.4 is 5.32 Å². The first-order chi connectivity index (χ1) is 6.61. The molecular formula is C9H10N2O3. The average molecular weight is 194 g/mol. The maximum Gasteiger partial charge on any atom is 0.404 e. The van der Waals surface area contributed by atoms with E-state index in [0.29, 0.717) is 5.56 Å². The maximum atomic E-state index is 9.26. The van der Waals surface area contributed by atoms with Gasteiger partial charge in [0.05, 0.1) is 5.56 Å². The van der Waals surface area contributed by atoms with Gasteiger partial charge in [0.1, 0.15) is 11.8 Å². The zero-order chi connectivity index (χ0) is 11.0. The van der Waals surface area contributed by atoms with E-state index in [0.717, 1.165) is 0 Å². The Balaban J connectivity index is 0.000000292. The zero-order valence-corrected chi connectivity index (χ0v) is 7.56. The van der Waals surface area contributed by atoms with Gasteiger partial charge < -0.3 is 15.5 Å². The molecule has 5 nitrogen and oxygen atoms in total. The van der Waals surface area contributed by atoms with Crippen molar-refractivity contribution in [3.63, 3.8) is 0 Å². The van der Waals surface area contributed by atoms with Crippen LogP contribution in [0.2, 0.25) is 0 Å². The SMILES string of the molecule is CNC(=O)O.N#Cc1ccccc1O. The van der Waals surface area contributed by atoms with Crippen LogP contribution in [0.3, 0.4) is 0 Å². The predicted molar refractivity (Wildman–Crippen MR) is 49.9 cm³/mol. The standard InChI is InChI=1S/C7H5NO.C2H5NO2/c8-5-6-3-1-2-4-7(6)9;1-3-2(4)5/h1-4,9H;3H,1H3,(H,4,5). The Hall–Kier alpha value is -2.22. The van der Waals surface area contributed by atoms with Gasteiger partial charge >= 0.3 is 6.09 Å². The summed E-state index contributed by atoms with van der Waals surface area (Å²) in [5.74, 6) is 0.0417. The number of para-hydroxylation sites is 1. The van der Waals surface area contributed by atoms with Gasteiger partial charge in [-0.1, -0.05) is 12.1 Å². The highest BCUT2D eigenvalue weighted by atomic mass is 16.4. The fourth-order valence-corrected chi connectivity index (χ4v) is 0.568. The molecule has 1 rings (SSSR count). The van der Waals surface area contributed by atoms with Crippen molar-refractivity contribution in [2.75, 3.05) is 7.05 Å². The number of rotatable bonds is 0. The van der Waals surface area contributed by atoms with Gasteiger partial charge in [-0.2, -0.15) is 5.26 Å². The zero-order valence-electron chi connectivity index (χ0n) is 7.56. The Labute approximate surface area is 81.2 Å². The number of nitrogens with one attached hydrogen (secondary N) is 1. The van der Waals surface area contributed by atoms with Crippen LogP contribution >= 0.6 is 0 Å². The van der Waals surface area contributed by atoms with Crippen LogP contribution in [0.5, 0.6) is 5.75 Å². The number of carboxylic acid groups (broad SMARTS) is 1. The summed E-state index contributed by atoms with van der Waals surface area (Å²) in [5, 5.41) is 26.8. The molecule has 0 fully saturated rings. The van der Waals surface area contributed by atoms with Crippen molar-refractivity contribution in [3.8, 4) is 11.8 Å². The number of hydrogen-bond donors (Lipinski definition) is 3. The van der Waals surface area contributed by atoms with Gasteiger partial charge in [-0.25, -0.2) is 4.79 Å².